The third-order valence-electron chi connectivity index (χ3n) is 2.49. The number of terminal acetylenes is 1. The van der Waals surface area contributed by atoms with Crippen molar-refractivity contribution in [1.29, 1.82) is 0 Å². The van der Waals surface area contributed by atoms with Crippen LogP contribution in [0.5, 0.6) is 11.5 Å². The van der Waals surface area contributed by atoms with Gasteiger partial charge in [0.05, 0.1) is 12.6 Å². The Morgan fingerprint density at radius 2 is 2.24 bits per heavy atom. The van der Waals surface area contributed by atoms with Crippen molar-refractivity contribution in [3.63, 3.8) is 0 Å². The first-order valence-electron chi connectivity index (χ1n) is 5.85. The quantitative estimate of drug-likeness (QED) is 0.741. The number of benzene rings is 1. The zero-order chi connectivity index (χ0) is 12.7. The minimum atomic E-state index is 0.0827. The van der Waals surface area contributed by atoms with Crippen molar-refractivity contribution < 1.29 is 9.84 Å². The number of hydrogen-bond acceptors (Lipinski definition) is 3. The van der Waals surface area contributed by atoms with Crippen LogP contribution in [0.15, 0.2) is 18.2 Å². The molecule has 0 saturated heterocycles. The molecule has 0 aliphatic carbocycles. The van der Waals surface area contributed by atoms with Gasteiger partial charge in [-0.3, -0.25) is 5.32 Å². The first kappa shape index (κ1) is 13.4. The van der Waals surface area contributed by atoms with Gasteiger partial charge < -0.3 is 9.84 Å². The van der Waals surface area contributed by atoms with Gasteiger partial charge in [0.1, 0.15) is 0 Å². The van der Waals surface area contributed by atoms with Gasteiger partial charge in [0, 0.05) is 6.54 Å². The van der Waals surface area contributed by atoms with E-state index >= 15 is 0 Å². The lowest BCUT2D eigenvalue weighted by Gasteiger charge is -2.12. The molecule has 1 aromatic carbocycles. The topological polar surface area (TPSA) is 41.5 Å². The van der Waals surface area contributed by atoms with Crippen LogP contribution in [0.3, 0.4) is 0 Å². The summed E-state index contributed by atoms with van der Waals surface area (Å²) in [5, 5.41) is 12.8. The van der Waals surface area contributed by atoms with Crippen LogP contribution in [0.4, 0.5) is 0 Å². The van der Waals surface area contributed by atoms with Crippen LogP contribution in [0.25, 0.3) is 0 Å². The third kappa shape index (κ3) is 4.01. The van der Waals surface area contributed by atoms with E-state index in [0.717, 1.165) is 12.0 Å². The first-order chi connectivity index (χ1) is 8.21. The van der Waals surface area contributed by atoms with Crippen LogP contribution in [-0.2, 0) is 6.54 Å². The second-order valence-electron chi connectivity index (χ2n) is 3.74. The number of phenolic OH excluding ortho intramolecular Hbond substituents is 1. The average molecular weight is 233 g/mol. The Hall–Kier alpha value is -1.66. The maximum Gasteiger partial charge on any atom is 0.161 e. The molecule has 0 aliphatic heterocycles. The highest BCUT2D eigenvalue weighted by Gasteiger charge is 2.05. The van der Waals surface area contributed by atoms with Crippen molar-refractivity contribution in [3.8, 4) is 23.8 Å². The average Bonchev–Trinajstić information content (AvgIpc) is 2.34. The maximum atomic E-state index is 9.56. The molecule has 1 atom stereocenters. The molecule has 0 fully saturated rings. The number of ether oxygens (including phenoxy) is 1. The van der Waals surface area contributed by atoms with Crippen LogP contribution in [-0.4, -0.2) is 17.8 Å². The third-order valence-corrected chi connectivity index (χ3v) is 2.49. The summed E-state index contributed by atoms with van der Waals surface area (Å²) in [5.41, 5.74) is 1.04. The van der Waals surface area contributed by atoms with E-state index in [1.807, 2.05) is 26.0 Å². The molecule has 0 amide bonds. The monoisotopic (exact) mass is 233 g/mol. The van der Waals surface area contributed by atoms with Gasteiger partial charge in [-0.15, -0.1) is 6.42 Å². The Bertz CT molecular complexity index is 396. The summed E-state index contributed by atoms with van der Waals surface area (Å²) < 4.78 is 5.32. The van der Waals surface area contributed by atoms with E-state index in [4.69, 9.17) is 11.2 Å². The second-order valence-corrected chi connectivity index (χ2v) is 3.74. The van der Waals surface area contributed by atoms with Crippen molar-refractivity contribution in [1.82, 2.24) is 5.32 Å². The van der Waals surface area contributed by atoms with E-state index in [0.29, 0.717) is 18.9 Å². The molecule has 0 aliphatic rings. The molecule has 1 aromatic rings. The molecule has 0 heterocycles. The van der Waals surface area contributed by atoms with Crippen molar-refractivity contribution in [2.24, 2.45) is 0 Å². The molecule has 2 N–H and O–H groups in total. The number of rotatable bonds is 6. The van der Waals surface area contributed by atoms with Crippen LogP contribution >= 0.6 is 0 Å². The van der Waals surface area contributed by atoms with Gasteiger partial charge in [-0.2, -0.15) is 0 Å². The molecule has 0 spiro atoms. The second kappa shape index (κ2) is 6.82. The predicted octanol–water partition coefficient (Wildman–Crippen LogP) is 2.29. The predicted molar refractivity (Wildman–Crippen MR) is 69.0 cm³/mol. The van der Waals surface area contributed by atoms with Gasteiger partial charge in [0.25, 0.3) is 0 Å². The summed E-state index contributed by atoms with van der Waals surface area (Å²) in [5.74, 6) is 3.36. The highest BCUT2D eigenvalue weighted by atomic mass is 16.5. The Kier molecular flexibility index (Phi) is 5.38. The summed E-state index contributed by atoms with van der Waals surface area (Å²) in [7, 11) is 0. The Morgan fingerprint density at radius 3 is 2.82 bits per heavy atom. The Morgan fingerprint density at radius 1 is 1.47 bits per heavy atom. The number of nitrogens with one attached hydrogen (secondary N) is 1. The van der Waals surface area contributed by atoms with Crippen LogP contribution in [0.2, 0.25) is 0 Å². The van der Waals surface area contributed by atoms with Crippen LogP contribution in [0, 0.1) is 12.3 Å². The minimum absolute atomic E-state index is 0.0827. The van der Waals surface area contributed by atoms with Crippen molar-refractivity contribution in [3.05, 3.63) is 23.8 Å². The molecule has 92 valence electrons. The molecule has 3 nitrogen and oxygen atoms in total. The standard InChI is InChI=1S/C14H19NO2/c1-4-12(5-2)15-10-11-7-8-13(16)14(9-11)17-6-3/h1,7-9,12,15-16H,5-6,10H2,2-3H3. The fraction of sp³-hybridized carbons (Fsp3) is 0.429. The number of phenols is 1. The molecule has 3 heteroatoms. The summed E-state index contributed by atoms with van der Waals surface area (Å²) in [4.78, 5) is 0. The molecule has 1 rings (SSSR count). The van der Waals surface area contributed by atoms with E-state index in [1.54, 1.807) is 6.07 Å². The van der Waals surface area contributed by atoms with Gasteiger partial charge >= 0.3 is 0 Å². The van der Waals surface area contributed by atoms with E-state index in [-0.39, 0.29) is 11.8 Å². The largest absolute Gasteiger partial charge is 0.504 e. The SMILES string of the molecule is C#CC(CC)NCc1ccc(O)c(OCC)c1. The number of hydrogen-bond donors (Lipinski definition) is 2. The van der Waals surface area contributed by atoms with Gasteiger partial charge in [0.15, 0.2) is 11.5 Å². The zero-order valence-electron chi connectivity index (χ0n) is 10.4. The molecule has 0 radical (unpaired) electrons. The van der Waals surface area contributed by atoms with E-state index in [1.165, 1.54) is 0 Å². The zero-order valence-corrected chi connectivity index (χ0v) is 10.4. The van der Waals surface area contributed by atoms with E-state index in [9.17, 15) is 5.11 Å². The first-order valence-corrected chi connectivity index (χ1v) is 5.85. The summed E-state index contributed by atoms with van der Waals surface area (Å²) >= 11 is 0. The van der Waals surface area contributed by atoms with Crippen molar-refractivity contribution in [2.75, 3.05) is 6.61 Å². The number of aromatic hydroxyl groups is 1. The maximum absolute atomic E-state index is 9.56. The Labute approximate surface area is 103 Å². The van der Waals surface area contributed by atoms with Crippen LogP contribution in [0.1, 0.15) is 25.8 Å². The fourth-order valence-electron chi connectivity index (χ4n) is 1.50. The minimum Gasteiger partial charge on any atom is -0.504 e. The lowest BCUT2D eigenvalue weighted by atomic mass is 10.1. The highest BCUT2D eigenvalue weighted by molar-refractivity contribution is 5.41. The summed E-state index contributed by atoms with van der Waals surface area (Å²) in [6, 6.07) is 5.40. The normalized spacial score (nSPS) is 11.8. The smallest absolute Gasteiger partial charge is 0.161 e. The van der Waals surface area contributed by atoms with E-state index < -0.39 is 0 Å². The van der Waals surface area contributed by atoms with Gasteiger partial charge in [-0.25, -0.2) is 0 Å². The van der Waals surface area contributed by atoms with Gasteiger partial charge in [-0.05, 0) is 31.0 Å². The van der Waals surface area contributed by atoms with Gasteiger partial charge in [0.2, 0.25) is 0 Å². The Balaban J connectivity index is 2.66. The molecule has 0 bridgehead atoms. The van der Waals surface area contributed by atoms with Crippen molar-refractivity contribution in [2.45, 2.75) is 32.9 Å². The molecule has 1 unspecified atom stereocenters. The van der Waals surface area contributed by atoms with Crippen molar-refractivity contribution >= 4 is 0 Å². The molecule has 0 aromatic heterocycles. The molecule has 17 heavy (non-hydrogen) atoms. The molecule has 0 saturated carbocycles. The van der Waals surface area contributed by atoms with E-state index in [2.05, 4.69) is 11.2 Å². The lowest BCUT2D eigenvalue weighted by Crippen LogP contribution is -2.26. The summed E-state index contributed by atoms with van der Waals surface area (Å²) in [6.45, 7) is 5.13. The fourth-order valence-corrected chi connectivity index (χ4v) is 1.50. The van der Waals surface area contributed by atoms with Gasteiger partial charge in [-0.1, -0.05) is 18.9 Å². The molecular formula is C14H19NO2. The van der Waals surface area contributed by atoms with Crippen LogP contribution < -0.4 is 10.1 Å². The highest BCUT2D eigenvalue weighted by Crippen LogP contribution is 2.26. The molecular weight excluding hydrogens is 214 g/mol. The summed E-state index contributed by atoms with van der Waals surface area (Å²) in [6.07, 6.45) is 6.27. The lowest BCUT2D eigenvalue weighted by molar-refractivity contribution is 0.317.